The summed E-state index contributed by atoms with van der Waals surface area (Å²) in [4.78, 5) is 15.4. The maximum absolute atomic E-state index is 13.5. The number of fused-ring (bicyclic) bond motifs is 2. The van der Waals surface area contributed by atoms with Crippen molar-refractivity contribution in [2.45, 2.75) is 43.6 Å². The van der Waals surface area contributed by atoms with Gasteiger partial charge in [0.05, 0.1) is 6.61 Å². The van der Waals surface area contributed by atoms with Gasteiger partial charge in [-0.15, -0.1) is 0 Å². The summed E-state index contributed by atoms with van der Waals surface area (Å²) in [6.45, 7) is 2.67. The molecule has 6 heteroatoms. The van der Waals surface area contributed by atoms with Gasteiger partial charge in [-0.05, 0) is 66.1 Å². The molecule has 1 saturated heterocycles. The van der Waals surface area contributed by atoms with E-state index < -0.39 is 0 Å². The summed E-state index contributed by atoms with van der Waals surface area (Å²) < 4.78 is 16.5. The van der Waals surface area contributed by atoms with Crippen molar-refractivity contribution in [2.75, 3.05) is 31.8 Å². The van der Waals surface area contributed by atoms with Crippen molar-refractivity contribution >= 4 is 11.6 Å². The number of methoxy groups -OCH3 is 1. The molecule has 3 heterocycles. The van der Waals surface area contributed by atoms with Gasteiger partial charge in [0.15, 0.2) is 5.69 Å². The van der Waals surface area contributed by atoms with Crippen molar-refractivity contribution < 1.29 is 18.8 Å². The number of amides is 1. The number of anilines is 1. The van der Waals surface area contributed by atoms with E-state index in [0.717, 1.165) is 53.8 Å². The van der Waals surface area contributed by atoms with Gasteiger partial charge >= 0.3 is 0 Å². The third-order valence-corrected chi connectivity index (χ3v) is 7.31. The van der Waals surface area contributed by atoms with Gasteiger partial charge < -0.3 is 18.9 Å². The number of benzene rings is 2. The molecule has 3 aliphatic rings. The van der Waals surface area contributed by atoms with Gasteiger partial charge in [-0.25, -0.2) is 0 Å². The molecule has 1 aliphatic carbocycles. The quantitative estimate of drug-likeness (QED) is 0.549. The zero-order valence-corrected chi connectivity index (χ0v) is 18.9. The minimum Gasteiger partial charge on any atom is -0.381 e. The van der Waals surface area contributed by atoms with Crippen molar-refractivity contribution in [1.82, 2.24) is 5.16 Å². The lowest BCUT2D eigenvalue weighted by Crippen LogP contribution is -2.40. The van der Waals surface area contributed by atoms with E-state index in [-0.39, 0.29) is 11.3 Å². The molecule has 2 fully saturated rings. The molecule has 1 spiro atoms. The number of ether oxygens (including phenoxy) is 2. The van der Waals surface area contributed by atoms with Crippen molar-refractivity contribution in [1.29, 1.82) is 0 Å². The van der Waals surface area contributed by atoms with Crippen molar-refractivity contribution in [3.8, 4) is 11.1 Å². The van der Waals surface area contributed by atoms with Crippen LogP contribution in [0.4, 0.5) is 5.69 Å². The highest BCUT2D eigenvalue weighted by Gasteiger charge is 2.46. The summed E-state index contributed by atoms with van der Waals surface area (Å²) in [5, 5.41) is 4.12. The fraction of sp³-hybridized carbons (Fsp3) is 0.407. The van der Waals surface area contributed by atoms with E-state index in [4.69, 9.17) is 14.0 Å². The third-order valence-electron chi connectivity index (χ3n) is 7.31. The molecule has 1 aromatic heterocycles. The molecular formula is C27H28N2O4. The van der Waals surface area contributed by atoms with Crippen LogP contribution in [0, 0.1) is 0 Å². The number of nitrogens with zero attached hydrogens (tertiary/aromatic N) is 2. The Hall–Kier alpha value is -2.96. The van der Waals surface area contributed by atoms with Crippen LogP contribution in [0.5, 0.6) is 0 Å². The molecule has 1 amide bonds. The van der Waals surface area contributed by atoms with Gasteiger partial charge in [0.2, 0.25) is 0 Å². The molecule has 6 nitrogen and oxygen atoms in total. The molecule has 0 atom stereocenters. The second-order valence-corrected chi connectivity index (χ2v) is 9.54. The fourth-order valence-corrected chi connectivity index (χ4v) is 5.32. The maximum atomic E-state index is 13.5. The van der Waals surface area contributed by atoms with E-state index in [1.807, 2.05) is 11.0 Å². The topological polar surface area (TPSA) is 64.8 Å². The van der Waals surface area contributed by atoms with E-state index in [1.54, 1.807) is 7.11 Å². The minimum absolute atomic E-state index is 0.0786. The Balaban J connectivity index is 1.38. The van der Waals surface area contributed by atoms with Crippen LogP contribution < -0.4 is 4.90 Å². The summed E-state index contributed by atoms with van der Waals surface area (Å²) in [6.07, 6.45) is 4.05. The second-order valence-electron chi connectivity index (χ2n) is 9.54. The standard InChI is InChI=1S/C27H28N2O4/c1-31-16-18-3-2-4-20(13-18)21-7-8-24-22(14-21)27(9-11-32-12-10-27)17-29(24)26(30)23-15-25(33-28-23)19-5-6-19/h2-4,7-8,13-15,19H,5-6,9-12,16-17H2,1H3. The Kier molecular flexibility index (Phi) is 5.07. The summed E-state index contributed by atoms with van der Waals surface area (Å²) >= 11 is 0. The predicted octanol–water partition coefficient (Wildman–Crippen LogP) is 5.07. The molecule has 33 heavy (non-hydrogen) atoms. The molecule has 0 N–H and O–H groups in total. The van der Waals surface area contributed by atoms with Crippen LogP contribution in [0.3, 0.4) is 0 Å². The van der Waals surface area contributed by atoms with E-state index in [1.165, 1.54) is 5.56 Å². The summed E-state index contributed by atoms with van der Waals surface area (Å²) in [7, 11) is 1.71. The first-order valence-corrected chi connectivity index (χ1v) is 11.8. The molecule has 0 bridgehead atoms. The average molecular weight is 445 g/mol. The molecular weight excluding hydrogens is 416 g/mol. The van der Waals surface area contributed by atoms with Crippen LogP contribution in [0.2, 0.25) is 0 Å². The molecule has 6 rings (SSSR count). The summed E-state index contributed by atoms with van der Waals surface area (Å²) in [6, 6.07) is 16.8. The minimum atomic E-state index is -0.0908. The average Bonchev–Trinajstić information content (AvgIpc) is 3.51. The highest BCUT2D eigenvalue weighted by atomic mass is 16.5. The maximum Gasteiger partial charge on any atom is 0.280 e. The van der Waals surface area contributed by atoms with Gasteiger partial charge in [-0.3, -0.25) is 4.79 Å². The van der Waals surface area contributed by atoms with Gasteiger partial charge in [-0.2, -0.15) is 0 Å². The number of carbonyl (C=O) groups excluding carboxylic acids is 1. The molecule has 1 saturated carbocycles. The SMILES string of the molecule is COCc1cccc(-c2ccc3c(c2)C2(CCOCC2)CN3C(=O)c2cc(C3CC3)on2)c1. The van der Waals surface area contributed by atoms with Crippen LogP contribution in [0.25, 0.3) is 11.1 Å². The van der Waals surface area contributed by atoms with E-state index in [2.05, 4.69) is 47.6 Å². The lowest BCUT2D eigenvalue weighted by atomic mass is 9.75. The van der Waals surface area contributed by atoms with E-state index in [9.17, 15) is 4.79 Å². The number of hydrogen-bond donors (Lipinski definition) is 0. The van der Waals surface area contributed by atoms with Crippen molar-refractivity contribution in [3.05, 3.63) is 71.1 Å². The fourth-order valence-electron chi connectivity index (χ4n) is 5.32. The monoisotopic (exact) mass is 444 g/mol. The molecule has 0 unspecified atom stereocenters. The molecule has 2 aliphatic heterocycles. The Morgan fingerprint density at radius 1 is 1.12 bits per heavy atom. The van der Waals surface area contributed by atoms with Gasteiger partial charge in [0.1, 0.15) is 5.76 Å². The molecule has 2 aromatic carbocycles. The lowest BCUT2D eigenvalue weighted by Gasteiger charge is -2.34. The van der Waals surface area contributed by atoms with Gasteiger partial charge in [0.25, 0.3) is 5.91 Å². The number of carbonyl (C=O) groups is 1. The zero-order chi connectivity index (χ0) is 22.4. The van der Waals surface area contributed by atoms with Crippen LogP contribution >= 0.6 is 0 Å². The summed E-state index contributed by atoms with van der Waals surface area (Å²) in [5.74, 6) is 1.19. The third kappa shape index (κ3) is 3.67. The smallest absolute Gasteiger partial charge is 0.280 e. The van der Waals surface area contributed by atoms with E-state index >= 15 is 0 Å². The Bertz CT molecular complexity index is 1190. The first-order valence-electron chi connectivity index (χ1n) is 11.8. The van der Waals surface area contributed by atoms with Crippen molar-refractivity contribution in [2.24, 2.45) is 0 Å². The van der Waals surface area contributed by atoms with Crippen molar-refractivity contribution in [3.63, 3.8) is 0 Å². The zero-order valence-electron chi connectivity index (χ0n) is 18.9. The molecule has 170 valence electrons. The van der Waals surface area contributed by atoms with Crippen LogP contribution in [-0.4, -0.2) is 37.9 Å². The number of hydrogen-bond acceptors (Lipinski definition) is 5. The second kappa shape index (κ2) is 8.12. The molecule has 0 radical (unpaired) electrons. The Morgan fingerprint density at radius 3 is 2.73 bits per heavy atom. The largest absolute Gasteiger partial charge is 0.381 e. The number of rotatable bonds is 5. The number of aromatic nitrogens is 1. The van der Waals surface area contributed by atoms with Crippen LogP contribution in [0.15, 0.2) is 53.1 Å². The Labute approximate surface area is 193 Å². The van der Waals surface area contributed by atoms with Gasteiger partial charge in [0, 0.05) is 50.0 Å². The first kappa shape index (κ1) is 20.6. The Morgan fingerprint density at radius 2 is 1.94 bits per heavy atom. The normalized spacial score (nSPS) is 19.1. The van der Waals surface area contributed by atoms with E-state index in [0.29, 0.717) is 38.0 Å². The predicted molar refractivity (Wildman–Crippen MR) is 124 cm³/mol. The van der Waals surface area contributed by atoms with Crippen LogP contribution in [-0.2, 0) is 21.5 Å². The molecule has 3 aromatic rings. The van der Waals surface area contributed by atoms with Crippen LogP contribution in [0.1, 0.15) is 59.0 Å². The highest BCUT2D eigenvalue weighted by Crippen LogP contribution is 2.48. The lowest BCUT2D eigenvalue weighted by molar-refractivity contribution is 0.0546. The summed E-state index contributed by atoms with van der Waals surface area (Å²) in [5.41, 5.74) is 5.99. The first-order chi connectivity index (χ1) is 16.2. The van der Waals surface area contributed by atoms with Gasteiger partial charge in [-0.1, -0.05) is 29.4 Å². The highest BCUT2D eigenvalue weighted by molar-refractivity contribution is 6.06.